The molecule has 0 aliphatic carbocycles. The molecule has 0 amide bonds. The molecule has 1 heterocycles. The number of hydrogen-bond acceptors (Lipinski definition) is 2. The van der Waals surface area contributed by atoms with Gasteiger partial charge in [0, 0.05) is 13.8 Å². The molecule has 76 valence electrons. The Morgan fingerprint density at radius 3 is 2.15 bits per heavy atom. The van der Waals surface area contributed by atoms with Crippen LogP contribution in [-0.4, -0.2) is 17.3 Å². The first-order chi connectivity index (χ1) is 5.78. The van der Waals surface area contributed by atoms with Gasteiger partial charge in [0.2, 0.25) is 5.79 Å². The van der Waals surface area contributed by atoms with Crippen LogP contribution in [0.4, 0.5) is 0 Å². The molecule has 2 nitrogen and oxygen atoms in total. The first-order valence-electron chi connectivity index (χ1n) is 4.13. The average Bonchev–Trinajstić information content (AvgIpc) is 2.17. The number of rotatable bonds is 1. The van der Waals surface area contributed by atoms with E-state index in [0.717, 1.165) is 0 Å². The van der Waals surface area contributed by atoms with E-state index in [1.54, 1.807) is 0 Å². The van der Waals surface area contributed by atoms with Gasteiger partial charge in [0.15, 0.2) is 0 Å². The van der Waals surface area contributed by atoms with Gasteiger partial charge in [-0.15, -0.1) is 11.6 Å². The van der Waals surface area contributed by atoms with Crippen LogP contribution in [0.5, 0.6) is 0 Å². The topological polar surface area (TPSA) is 18.5 Å². The molecule has 0 unspecified atom stereocenters. The second-order valence-electron chi connectivity index (χ2n) is 3.98. The summed E-state index contributed by atoms with van der Waals surface area (Å²) in [5.74, 6) is 0.263. The lowest BCUT2D eigenvalue weighted by Gasteiger charge is -2.18. The molecule has 1 saturated heterocycles. The largest absolute Gasteiger partial charge is 0.463 e. The predicted octanol–water partition coefficient (Wildman–Crippen LogP) is 3.24. The van der Waals surface area contributed by atoms with Crippen LogP contribution in [0.3, 0.4) is 0 Å². The van der Waals surface area contributed by atoms with Crippen molar-refractivity contribution >= 4 is 23.2 Å². The minimum Gasteiger partial charge on any atom is -0.463 e. The average molecular weight is 225 g/mol. The van der Waals surface area contributed by atoms with Gasteiger partial charge < -0.3 is 9.47 Å². The minimum absolute atomic E-state index is 0.250. The van der Waals surface area contributed by atoms with E-state index in [1.165, 1.54) is 0 Å². The molecule has 1 aliphatic heterocycles. The molecule has 0 N–H and O–H groups in total. The molecule has 0 aromatic rings. The van der Waals surface area contributed by atoms with E-state index in [2.05, 4.69) is 0 Å². The van der Waals surface area contributed by atoms with E-state index in [0.29, 0.717) is 10.8 Å². The first kappa shape index (κ1) is 11.2. The van der Waals surface area contributed by atoms with Crippen LogP contribution in [0.25, 0.3) is 0 Å². The zero-order valence-corrected chi connectivity index (χ0v) is 9.79. The highest BCUT2D eigenvalue weighted by Crippen LogP contribution is 2.41. The zero-order valence-electron chi connectivity index (χ0n) is 8.28. The molecule has 0 bridgehead atoms. The monoisotopic (exact) mass is 224 g/mol. The normalized spacial score (nSPS) is 28.5. The third-order valence-corrected chi connectivity index (χ3v) is 2.47. The maximum Gasteiger partial charge on any atom is 0.205 e. The standard InChI is InChI=1S/C9H14Cl2O2/c1-8(2)7(6(11)5-10)12-9(3,4)13-8/h5H2,1-4H3. The third-order valence-electron chi connectivity index (χ3n) is 1.76. The highest BCUT2D eigenvalue weighted by Gasteiger charge is 2.45. The fourth-order valence-electron chi connectivity index (χ4n) is 1.49. The number of ether oxygens (including phenoxy) is 2. The van der Waals surface area contributed by atoms with Crippen LogP contribution < -0.4 is 0 Å². The van der Waals surface area contributed by atoms with Crippen LogP contribution in [-0.2, 0) is 9.47 Å². The summed E-state index contributed by atoms with van der Waals surface area (Å²) in [5.41, 5.74) is -0.491. The van der Waals surface area contributed by atoms with Crippen molar-refractivity contribution in [2.75, 3.05) is 5.88 Å². The van der Waals surface area contributed by atoms with E-state index in [4.69, 9.17) is 32.7 Å². The fourth-order valence-corrected chi connectivity index (χ4v) is 1.88. The van der Waals surface area contributed by atoms with Crippen LogP contribution in [0.1, 0.15) is 27.7 Å². The zero-order chi connectivity index (χ0) is 10.3. The molecule has 0 saturated carbocycles. The molecule has 13 heavy (non-hydrogen) atoms. The van der Waals surface area contributed by atoms with Crippen LogP contribution in [0.2, 0.25) is 0 Å². The molecule has 4 heteroatoms. The maximum absolute atomic E-state index is 5.93. The van der Waals surface area contributed by atoms with E-state index in [-0.39, 0.29) is 5.88 Å². The highest BCUT2D eigenvalue weighted by atomic mass is 35.5. The molecular formula is C9H14Cl2O2. The molecule has 0 aromatic heterocycles. The molecule has 0 aromatic carbocycles. The Hall–Kier alpha value is 0.0800. The predicted molar refractivity (Wildman–Crippen MR) is 53.9 cm³/mol. The van der Waals surface area contributed by atoms with Gasteiger partial charge in [-0.25, -0.2) is 0 Å². The minimum atomic E-state index is -0.620. The lowest BCUT2D eigenvalue weighted by molar-refractivity contribution is -0.151. The van der Waals surface area contributed by atoms with Crippen molar-refractivity contribution in [3.63, 3.8) is 0 Å². The Morgan fingerprint density at radius 2 is 1.85 bits per heavy atom. The van der Waals surface area contributed by atoms with Gasteiger partial charge in [-0.1, -0.05) is 11.6 Å². The van der Waals surface area contributed by atoms with Crippen molar-refractivity contribution < 1.29 is 9.47 Å². The Labute approximate surface area is 88.8 Å². The molecule has 1 aliphatic rings. The number of hydrogen-bond donors (Lipinski definition) is 0. The van der Waals surface area contributed by atoms with Crippen molar-refractivity contribution in [2.24, 2.45) is 0 Å². The lowest BCUT2D eigenvalue weighted by Crippen LogP contribution is -2.26. The van der Waals surface area contributed by atoms with Gasteiger partial charge in [-0.05, 0) is 13.8 Å². The van der Waals surface area contributed by atoms with Crippen LogP contribution in [0.15, 0.2) is 10.8 Å². The van der Waals surface area contributed by atoms with E-state index < -0.39 is 11.4 Å². The van der Waals surface area contributed by atoms with Crippen molar-refractivity contribution in [3.05, 3.63) is 10.8 Å². The summed E-state index contributed by atoms with van der Waals surface area (Å²) in [4.78, 5) is 0. The van der Waals surface area contributed by atoms with Gasteiger partial charge in [0.25, 0.3) is 0 Å². The van der Waals surface area contributed by atoms with Gasteiger partial charge in [0.05, 0.1) is 10.9 Å². The summed E-state index contributed by atoms with van der Waals surface area (Å²) in [6, 6.07) is 0. The number of halogens is 2. The Bertz CT molecular complexity index is 244. The van der Waals surface area contributed by atoms with Gasteiger partial charge in [0.1, 0.15) is 11.4 Å². The van der Waals surface area contributed by atoms with Gasteiger partial charge in [-0.3, -0.25) is 0 Å². The van der Waals surface area contributed by atoms with E-state index >= 15 is 0 Å². The Kier molecular flexibility index (Phi) is 2.86. The molecule has 0 radical (unpaired) electrons. The highest BCUT2D eigenvalue weighted by molar-refractivity contribution is 6.36. The second kappa shape index (κ2) is 3.34. The molecular weight excluding hydrogens is 211 g/mol. The van der Waals surface area contributed by atoms with Gasteiger partial charge in [-0.2, -0.15) is 0 Å². The maximum atomic E-state index is 5.93. The lowest BCUT2D eigenvalue weighted by atomic mass is 10.1. The fraction of sp³-hybridized carbons (Fsp3) is 0.778. The van der Waals surface area contributed by atoms with Crippen molar-refractivity contribution in [1.82, 2.24) is 0 Å². The summed E-state index contributed by atoms with van der Waals surface area (Å²) in [7, 11) is 0. The molecule has 1 rings (SSSR count). The van der Waals surface area contributed by atoms with Gasteiger partial charge >= 0.3 is 0 Å². The first-order valence-corrected chi connectivity index (χ1v) is 5.04. The summed E-state index contributed by atoms with van der Waals surface area (Å²) in [6.45, 7) is 7.51. The van der Waals surface area contributed by atoms with E-state index in [1.807, 2.05) is 27.7 Å². The number of allylic oxidation sites excluding steroid dienone is 1. The molecule has 1 fully saturated rings. The molecule has 0 spiro atoms. The summed E-state index contributed by atoms with van der Waals surface area (Å²) in [5, 5.41) is 0.511. The summed E-state index contributed by atoms with van der Waals surface area (Å²) < 4.78 is 11.2. The second-order valence-corrected chi connectivity index (χ2v) is 4.71. The summed E-state index contributed by atoms with van der Waals surface area (Å²) >= 11 is 11.6. The van der Waals surface area contributed by atoms with E-state index in [9.17, 15) is 0 Å². The Morgan fingerprint density at radius 1 is 1.31 bits per heavy atom. The number of alkyl halides is 1. The molecule has 0 atom stereocenters. The quantitative estimate of drug-likeness (QED) is 0.638. The SMILES string of the molecule is CC1(C)OC(=C(Cl)CCl)C(C)(C)O1. The smallest absolute Gasteiger partial charge is 0.205 e. The van der Waals surface area contributed by atoms with Crippen LogP contribution >= 0.6 is 23.2 Å². The van der Waals surface area contributed by atoms with Crippen molar-refractivity contribution in [3.8, 4) is 0 Å². The Balaban J connectivity index is 3.02. The summed E-state index contributed by atoms with van der Waals surface area (Å²) in [6.07, 6.45) is 0. The van der Waals surface area contributed by atoms with Crippen molar-refractivity contribution in [1.29, 1.82) is 0 Å². The van der Waals surface area contributed by atoms with Crippen LogP contribution in [0, 0.1) is 0 Å². The van der Waals surface area contributed by atoms with Crippen molar-refractivity contribution in [2.45, 2.75) is 39.1 Å². The third kappa shape index (κ3) is 2.30.